The first-order chi connectivity index (χ1) is 10.7. The second kappa shape index (κ2) is 6.09. The Morgan fingerprint density at radius 1 is 1.09 bits per heavy atom. The fourth-order valence-electron chi connectivity index (χ4n) is 1.96. The van der Waals surface area contributed by atoms with Crippen molar-refractivity contribution in [3.63, 3.8) is 0 Å². The fourth-order valence-corrected chi connectivity index (χ4v) is 1.96. The molecule has 1 heterocycles. The predicted octanol–water partition coefficient (Wildman–Crippen LogP) is 3.83. The Labute approximate surface area is 126 Å². The zero-order valence-corrected chi connectivity index (χ0v) is 11.5. The molecule has 0 amide bonds. The Balaban J connectivity index is 1.69. The number of rotatable bonds is 5. The molecule has 0 aliphatic rings. The predicted molar refractivity (Wildman–Crippen MR) is 79.4 cm³/mol. The molecule has 3 aromatic rings. The fraction of sp³-hybridized carbons (Fsp3) is 0.0625. The van der Waals surface area contributed by atoms with Crippen LogP contribution in [-0.4, -0.2) is 10.1 Å². The maximum atomic E-state index is 10.7. The average Bonchev–Trinajstić information content (AvgIpc) is 3.03. The zero-order chi connectivity index (χ0) is 15.4. The van der Waals surface area contributed by atoms with Crippen molar-refractivity contribution >= 4 is 5.69 Å². The monoisotopic (exact) mass is 296 g/mol. The number of ether oxygens (including phenoxy) is 1. The molecule has 0 saturated carbocycles. The first-order valence-electron chi connectivity index (χ1n) is 6.60. The SMILES string of the molecule is O=[N+]([O-])c1cccc(OCc2cc(-c3ccccc3)on2)c1. The van der Waals surface area contributed by atoms with Gasteiger partial charge in [0.1, 0.15) is 18.1 Å². The van der Waals surface area contributed by atoms with Gasteiger partial charge in [-0.2, -0.15) is 0 Å². The van der Waals surface area contributed by atoms with Crippen molar-refractivity contribution in [1.82, 2.24) is 5.16 Å². The van der Waals surface area contributed by atoms with Crippen LogP contribution >= 0.6 is 0 Å². The highest BCUT2D eigenvalue weighted by molar-refractivity contribution is 5.56. The molecule has 0 fully saturated rings. The van der Waals surface area contributed by atoms with Gasteiger partial charge >= 0.3 is 0 Å². The first-order valence-corrected chi connectivity index (χ1v) is 6.60. The Morgan fingerprint density at radius 3 is 2.68 bits per heavy atom. The molecular weight excluding hydrogens is 284 g/mol. The Morgan fingerprint density at radius 2 is 1.91 bits per heavy atom. The minimum absolute atomic E-state index is 0.0115. The van der Waals surface area contributed by atoms with Crippen LogP contribution in [0.5, 0.6) is 5.75 Å². The number of non-ortho nitro benzene ring substituents is 1. The van der Waals surface area contributed by atoms with Crippen LogP contribution in [0.2, 0.25) is 0 Å². The minimum atomic E-state index is -0.462. The van der Waals surface area contributed by atoms with Crippen LogP contribution in [0.25, 0.3) is 11.3 Å². The van der Waals surface area contributed by atoms with E-state index < -0.39 is 4.92 Å². The van der Waals surface area contributed by atoms with E-state index >= 15 is 0 Å². The van der Waals surface area contributed by atoms with E-state index in [1.807, 2.05) is 30.3 Å². The average molecular weight is 296 g/mol. The third-order valence-corrected chi connectivity index (χ3v) is 3.03. The van der Waals surface area contributed by atoms with Crippen molar-refractivity contribution in [3.05, 3.63) is 76.5 Å². The second-order valence-corrected chi connectivity index (χ2v) is 4.59. The molecule has 22 heavy (non-hydrogen) atoms. The molecule has 3 rings (SSSR count). The lowest BCUT2D eigenvalue weighted by Gasteiger charge is -2.02. The van der Waals surface area contributed by atoms with E-state index in [1.165, 1.54) is 12.1 Å². The highest BCUT2D eigenvalue weighted by atomic mass is 16.6. The molecule has 0 atom stereocenters. The van der Waals surface area contributed by atoms with Gasteiger partial charge in [-0.05, 0) is 6.07 Å². The molecule has 0 radical (unpaired) electrons. The van der Waals surface area contributed by atoms with Crippen LogP contribution < -0.4 is 4.74 Å². The molecule has 2 aromatic carbocycles. The summed E-state index contributed by atoms with van der Waals surface area (Å²) >= 11 is 0. The van der Waals surface area contributed by atoms with Crippen molar-refractivity contribution in [1.29, 1.82) is 0 Å². The molecule has 0 unspecified atom stereocenters. The lowest BCUT2D eigenvalue weighted by molar-refractivity contribution is -0.384. The molecule has 6 nitrogen and oxygen atoms in total. The van der Waals surface area contributed by atoms with Gasteiger partial charge in [0, 0.05) is 17.7 Å². The summed E-state index contributed by atoms with van der Waals surface area (Å²) in [5.41, 5.74) is 1.53. The first kappa shape index (κ1) is 13.8. The highest BCUT2D eigenvalue weighted by Gasteiger charge is 2.09. The Bertz CT molecular complexity index is 784. The van der Waals surface area contributed by atoms with Gasteiger partial charge in [0.2, 0.25) is 0 Å². The van der Waals surface area contributed by atoms with Gasteiger partial charge in [0.05, 0.1) is 11.0 Å². The molecule has 0 aliphatic heterocycles. The number of hydrogen-bond acceptors (Lipinski definition) is 5. The normalized spacial score (nSPS) is 10.4. The molecule has 0 bridgehead atoms. The molecular formula is C16H12N2O4. The molecule has 0 spiro atoms. The van der Waals surface area contributed by atoms with E-state index in [1.54, 1.807) is 18.2 Å². The third kappa shape index (κ3) is 3.12. The van der Waals surface area contributed by atoms with Gasteiger partial charge in [-0.15, -0.1) is 0 Å². The van der Waals surface area contributed by atoms with Crippen LogP contribution in [0.3, 0.4) is 0 Å². The number of nitro groups is 1. The van der Waals surface area contributed by atoms with E-state index in [0.29, 0.717) is 17.2 Å². The lowest BCUT2D eigenvalue weighted by Crippen LogP contribution is -1.96. The summed E-state index contributed by atoms with van der Waals surface area (Å²) in [6.45, 7) is 0.178. The van der Waals surface area contributed by atoms with Gasteiger partial charge < -0.3 is 9.26 Å². The molecule has 110 valence electrons. The quantitative estimate of drug-likeness (QED) is 0.528. The van der Waals surface area contributed by atoms with Gasteiger partial charge in [0.15, 0.2) is 5.76 Å². The van der Waals surface area contributed by atoms with Gasteiger partial charge in [-0.25, -0.2) is 0 Å². The largest absolute Gasteiger partial charge is 0.487 e. The van der Waals surface area contributed by atoms with Crippen LogP contribution in [-0.2, 0) is 6.61 Å². The maximum absolute atomic E-state index is 10.7. The van der Waals surface area contributed by atoms with Crippen LogP contribution in [0.1, 0.15) is 5.69 Å². The Hall–Kier alpha value is -3.15. The van der Waals surface area contributed by atoms with Crippen molar-refractivity contribution in [2.24, 2.45) is 0 Å². The smallest absolute Gasteiger partial charge is 0.273 e. The molecule has 1 aromatic heterocycles. The molecule has 0 saturated heterocycles. The zero-order valence-electron chi connectivity index (χ0n) is 11.5. The second-order valence-electron chi connectivity index (χ2n) is 4.59. The van der Waals surface area contributed by atoms with E-state index in [4.69, 9.17) is 9.26 Å². The van der Waals surface area contributed by atoms with Crippen molar-refractivity contribution in [2.75, 3.05) is 0 Å². The highest BCUT2D eigenvalue weighted by Crippen LogP contribution is 2.22. The number of nitrogens with zero attached hydrogens (tertiary/aromatic N) is 2. The van der Waals surface area contributed by atoms with E-state index in [0.717, 1.165) is 5.56 Å². The Kier molecular flexibility index (Phi) is 3.82. The number of benzene rings is 2. The summed E-state index contributed by atoms with van der Waals surface area (Å²) in [6.07, 6.45) is 0. The number of hydrogen-bond donors (Lipinski definition) is 0. The molecule has 6 heteroatoms. The summed E-state index contributed by atoms with van der Waals surface area (Å²) in [4.78, 5) is 10.2. The third-order valence-electron chi connectivity index (χ3n) is 3.03. The summed E-state index contributed by atoms with van der Waals surface area (Å²) < 4.78 is 10.8. The van der Waals surface area contributed by atoms with Gasteiger partial charge in [0.25, 0.3) is 5.69 Å². The summed E-state index contributed by atoms with van der Waals surface area (Å²) in [5.74, 6) is 1.07. The van der Waals surface area contributed by atoms with Gasteiger partial charge in [-0.1, -0.05) is 41.6 Å². The number of nitro benzene ring substituents is 1. The van der Waals surface area contributed by atoms with E-state index in [-0.39, 0.29) is 12.3 Å². The lowest BCUT2D eigenvalue weighted by atomic mass is 10.2. The van der Waals surface area contributed by atoms with Crippen LogP contribution in [0.15, 0.2) is 65.2 Å². The molecule has 0 N–H and O–H groups in total. The molecule has 0 aliphatic carbocycles. The number of aromatic nitrogens is 1. The van der Waals surface area contributed by atoms with Gasteiger partial charge in [-0.3, -0.25) is 10.1 Å². The summed E-state index contributed by atoms with van der Waals surface area (Å²) in [5, 5.41) is 14.6. The topological polar surface area (TPSA) is 78.4 Å². The van der Waals surface area contributed by atoms with E-state index in [9.17, 15) is 10.1 Å². The minimum Gasteiger partial charge on any atom is -0.487 e. The standard InChI is InChI=1S/C16H12N2O4/c19-18(20)14-7-4-8-15(10-14)21-11-13-9-16(22-17-13)12-5-2-1-3-6-12/h1-10H,11H2. The van der Waals surface area contributed by atoms with Crippen LogP contribution in [0, 0.1) is 10.1 Å². The van der Waals surface area contributed by atoms with E-state index in [2.05, 4.69) is 5.16 Å². The maximum Gasteiger partial charge on any atom is 0.273 e. The van der Waals surface area contributed by atoms with Crippen LogP contribution in [0.4, 0.5) is 5.69 Å². The van der Waals surface area contributed by atoms with Crippen molar-refractivity contribution in [2.45, 2.75) is 6.61 Å². The van der Waals surface area contributed by atoms with Crippen molar-refractivity contribution < 1.29 is 14.2 Å². The van der Waals surface area contributed by atoms with Crippen molar-refractivity contribution in [3.8, 4) is 17.1 Å². The summed E-state index contributed by atoms with van der Waals surface area (Å²) in [6, 6.07) is 17.4. The summed E-state index contributed by atoms with van der Waals surface area (Å²) in [7, 11) is 0.